The van der Waals surface area contributed by atoms with E-state index in [1.807, 2.05) is 0 Å². The molecule has 3 heteroatoms. The van der Waals surface area contributed by atoms with Crippen LogP contribution in [0.15, 0.2) is 29.6 Å². The van der Waals surface area contributed by atoms with Gasteiger partial charge in [0, 0.05) is 20.3 Å². The van der Waals surface area contributed by atoms with Crippen molar-refractivity contribution in [2.75, 3.05) is 25.6 Å². The number of ether oxygens (including phenoxy) is 1. The number of rotatable bonds is 5. The summed E-state index contributed by atoms with van der Waals surface area (Å²) in [6.45, 7) is 1.78. The Balaban J connectivity index is 2.04. The number of anilines is 1. The molecule has 0 saturated carbocycles. The van der Waals surface area contributed by atoms with Crippen molar-refractivity contribution in [1.82, 2.24) is 0 Å². The molecule has 1 heterocycles. The third-order valence-corrected chi connectivity index (χ3v) is 3.28. The third kappa shape index (κ3) is 2.49. The fourth-order valence-electron chi connectivity index (χ4n) is 1.57. The van der Waals surface area contributed by atoms with Crippen molar-refractivity contribution < 1.29 is 4.74 Å². The average molecular weight is 221 g/mol. The molecule has 0 saturated heterocycles. The van der Waals surface area contributed by atoms with E-state index >= 15 is 0 Å². The van der Waals surface area contributed by atoms with Gasteiger partial charge < -0.3 is 10.1 Å². The number of benzene rings is 1. The van der Waals surface area contributed by atoms with Gasteiger partial charge in [-0.05, 0) is 29.3 Å². The van der Waals surface area contributed by atoms with Crippen LogP contribution in [0.3, 0.4) is 0 Å². The first-order valence-electron chi connectivity index (χ1n) is 5.11. The monoisotopic (exact) mass is 221 g/mol. The zero-order chi connectivity index (χ0) is 10.5. The first-order chi connectivity index (χ1) is 7.42. The van der Waals surface area contributed by atoms with E-state index in [1.54, 1.807) is 18.4 Å². The minimum absolute atomic E-state index is 0.813. The molecule has 0 aliphatic carbocycles. The number of thiophene rings is 1. The molecule has 0 aliphatic heterocycles. The summed E-state index contributed by atoms with van der Waals surface area (Å²) in [4.78, 5) is 0. The number of hydrogen-bond acceptors (Lipinski definition) is 3. The Labute approximate surface area is 93.9 Å². The molecule has 1 N–H and O–H groups in total. The van der Waals surface area contributed by atoms with Crippen LogP contribution in [0, 0.1) is 0 Å². The van der Waals surface area contributed by atoms with Gasteiger partial charge in [0.2, 0.25) is 0 Å². The standard InChI is InChI=1S/C12H15NOS/c1-14-8-3-7-13-11-5-2-4-10-6-9-15-12(10)11/h2,4-6,9,13H,3,7-8H2,1H3. The molecule has 0 spiro atoms. The lowest BCUT2D eigenvalue weighted by atomic mass is 10.2. The Hall–Kier alpha value is -1.06. The van der Waals surface area contributed by atoms with Gasteiger partial charge in [-0.25, -0.2) is 0 Å². The molecule has 1 aromatic heterocycles. The van der Waals surface area contributed by atoms with Crippen LogP contribution >= 0.6 is 11.3 Å². The second-order valence-electron chi connectivity index (χ2n) is 3.42. The third-order valence-electron chi connectivity index (χ3n) is 2.32. The normalized spacial score (nSPS) is 10.7. The van der Waals surface area contributed by atoms with E-state index in [0.717, 1.165) is 19.6 Å². The van der Waals surface area contributed by atoms with Gasteiger partial charge in [-0.15, -0.1) is 11.3 Å². The lowest BCUT2D eigenvalue weighted by molar-refractivity contribution is 0.198. The van der Waals surface area contributed by atoms with Gasteiger partial charge in [-0.2, -0.15) is 0 Å². The summed E-state index contributed by atoms with van der Waals surface area (Å²) < 4.78 is 6.36. The van der Waals surface area contributed by atoms with Gasteiger partial charge >= 0.3 is 0 Å². The topological polar surface area (TPSA) is 21.3 Å². The molecule has 2 nitrogen and oxygen atoms in total. The molecule has 0 fully saturated rings. The average Bonchev–Trinajstić information content (AvgIpc) is 2.73. The molecular weight excluding hydrogens is 206 g/mol. The lowest BCUT2D eigenvalue weighted by Crippen LogP contribution is -2.04. The Morgan fingerprint density at radius 2 is 2.27 bits per heavy atom. The Bertz CT molecular complexity index is 424. The molecule has 0 unspecified atom stereocenters. The van der Waals surface area contributed by atoms with Crippen molar-refractivity contribution >= 4 is 27.1 Å². The Morgan fingerprint density at radius 3 is 3.13 bits per heavy atom. The highest BCUT2D eigenvalue weighted by molar-refractivity contribution is 7.17. The molecule has 0 amide bonds. The summed E-state index contributed by atoms with van der Waals surface area (Å²) in [6, 6.07) is 8.52. The summed E-state index contributed by atoms with van der Waals surface area (Å²) in [5, 5.41) is 6.89. The second-order valence-corrected chi connectivity index (χ2v) is 4.33. The molecule has 80 valence electrons. The van der Waals surface area contributed by atoms with Crippen LogP contribution in [0.4, 0.5) is 5.69 Å². The molecule has 0 atom stereocenters. The highest BCUT2D eigenvalue weighted by atomic mass is 32.1. The van der Waals surface area contributed by atoms with E-state index in [-0.39, 0.29) is 0 Å². The molecule has 0 bridgehead atoms. The number of hydrogen-bond donors (Lipinski definition) is 1. The minimum atomic E-state index is 0.813. The van der Waals surface area contributed by atoms with Gasteiger partial charge in [-0.1, -0.05) is 12.1 Å². The van der Waals surface area contributed by atoms with E-state index in [4.69, 9.17) is 4.74 Å². The zero-order valence-electron chi connectivity index (χ0n) is 8.82. The van der Waals surface area contributed by atoms with Crippen LogP contribution in [0.2, 0.25) is 0 Å². The van der Waals surface area contributed by atoms with Crippen molar-refractivity contribution in [3.63, 3.8) is 0 Å². The van der Waals surface area contributed by atoms with E-state index < -0.39 is 0 Å². The van der Waals surface area contributed by atoms with Gasteiger partial charge in [0.1, 0.15) is 0 Å². The lowest BCUT2D eigenvalue weighted by Gasteiger charge is -2.06. The van der Waals surface area contributed by atoms with E-state index in [1.165, 1.54) is 15.8 Å². The van der Waals surface area contributed by atoms with Gasteiger partial charge in [0.25, 0.3) is 0 Å². The molecule has 15 heavy (non-hydrogen) atoms. The number of nitrogens with one attached hydrogen (secondary N) is 1. The van der Waals surface area contributed by atoms with Crippen molar-refractivity contribution in [3.8, 4) is 0 Å². The molecular formula is C12H15NOS. The largest absolute Gasteiger partial charge is 0.385 e. The molecule has 1 aromatic carbocycles. The second kappa shape index (κ2) is 5.14. The van der Waals surface area contributed by atoms with E-state index in [9.17, 15) is 0 Å². The fraction of sp³-hybridized carbons (Fsp3) is 0.333. The quantitative estimate of drug-likeness (QED) is 0.782. The molecule has 0 aliphatic rings. The Kier molecular flexibility index (Phi) is 3.59. The van der Waals surface area contributed by atoms with E-state index in [0.29, 0.717) is 0 Å². The van der Waals surface area contributed by atoms with Crippen LogP contribution in [0.25, 0.3) is 10.1 Å². The van der Waals surface area contributed by atoms with Crippen LogP contribution in [-0.2, 0) is 4.74 Å². The predicted octanol–water partition coefficient (Wildman–Crippen LogP) is 3.35. The Morgan fingerprint density at radius 1 is 1.33 bits per heavy atom. The minimum Gasteiger partial charge on any atom is -0.385 e. The maximum atomic E-state index is 5.01. The summed E-state index contributed by atoms with van der Waals surface area (Å²) in [6.07, 6.45) is 1.04. The van der Waals surface area contributed by atoms with Crippen LogP contribution < -0.4 is 5.32 Å². The van der Waals surface area contributed by atoms with Gasteiger partial charge in [0.15, 0.2) is 0 Å². The van der Waals surface area contributed by atoms with Crippen LogP contribution in [-0.4, -0.2) is 20.3 Å². The van der Waals surface area contributed by atoms with E-state index in [2.05, 4.69) is 35.0 Å². The zero-order valence-corrected chi connectivity index (χ0v) is 9.64. The molecule has 2 aromatic rings. The van der Waals surface area contributed by atoms with Crippen molar-refractivity contribution in [2.45, 2.75) is 6.42 Å². The highest BCUT2D eigenvalue weighted by Crippen LogP contribution is 2.28. The van der Waals surface area contributed by atoms with Crippen molar-refractivity contribution in [1.29, 1.82) is 0 Å². The van der Waals surface area contributed by atoms with Gasteiger partial charge in [-0.3, -0.25) is 0 Å². The summed E-state index contributed by atoms with van der Waals surface area (Å²) in [5.41, 5.74) is 1.23. The van der Waals surface area contributed by atoms with Gasteiger partial charge in [0.05, 0.1) is 10.4 Å². The first-order valence-corrected chi connectivity index (χ1v) is 5.99. The maximum absolute atomic E-state index is 5.01. The summed E-state index contributed by atoms with van der Waals surface area (Å²) >= 11 is 1.78. The number of fused-ring (bicyclic) bond motifs is 1. The van der Waals surface area contributed by atoms with Crippen molar-refractivity contribution in [3.05, 3.63) is 29.6 Å². The SMILES string of the molecule is COCCCNc1cccc2ccsc12. The first kappa shape index (κ1) is 10.5. The molecule has 2 rings (SSSR count). The highest BCUT2D eigenvalue weighted by Gasteiger charge is 2.00. The summed E-state index contributed by atoms with van der Waals surface area (Å²) in [5.74, 6) is 0. The smallest absolute Gasteiger partial charge is 0.0574 e. The van der Waals surface area contributed by atoms with Crippen LogP contribution in [0.1, 0.15) is 6.42 Å². The summed E-state index contributed by atoms with van der Waals surface area (Å²) in [7, 11) is 1.74. The van der Waals surface area contributed by atoms with Crippen molar-refractivity contribution in [2.24, 2.45) is 0 Å². The fourth-order valence-corrected chi connectivity index (χ4v) is 2.46. The predicted molar refractivity (Wildman–Crippen MR) is 66.8 cm³/mol. The number of methoxy groups -OCH3 is 1. The molecule has 0 radical (unpaired) electrons. The maximum Gasteiger partial charge on any atom is 0.0574 e. The van der Waals surface area contributed by atoms with Crippen LogP contribution in [0.5, 0.6) is 0 Å².